The summed E-state index contributed by atoms with van der Waals surface area (Å²) in [5.41, 5.74) is 0.175. The van der Waals surface area contributed by atoms with Crippen molar-refractivity contribution in [3.8, 4) is 0 Å². The molecule has 0 saturated carbocycles. The molecule has 0 bridgehead atoms. The number of amides is 1. The van der Waals surface area contributed by atoms with Gasteiger partial charge in [0.25, 0.3) is 0 Å². The zero-order valence-electron chi connectivity index (χ0n) is 17.8. The Morgan fingerprint density at radius 3 is 1.77 bits per heavy atom. The quantitative estimate of drug-likeness (QED) is 0.462. The van der Waals surface area contributed by atoms with Gasteiger partial charge in [-0.1, -0.05) is 0 Å². The van der Waals surface area contributed by atoms with Crippen LogP contribution in [0.3, 0.4) is 0 Å². The SMILES string of the molecule is CCC[CH2][Sn]([CH2]CCC)([CH2]CCC)[c]1cnc(C(=O)NC(C)(C)C)cn1. The number of nitrogens with zero attached hydrogens (tertiary/aromatic N) is 2. The van der Waals surface area contributed by atoms with Crippen molar-refractivity contribution in [3.63, 3.8) is 0 Å². The summed E-state index contributed by atoms with van der Waals surface area (Å²) in [5.74, 6) is -0.131. The summed E-state index contributed by atoms with van der Waals surface area (Å²) < 4.78 is 5.38. The van der Waals surface area contributed by atoms with Gasteiger partial charge in [-0.25, -0.2) is 0 Å². The third-order valence-corrected chi connectivity index (χ3v) is 20.0. The monoisotopic (exact) mass is 469 g/mol. The molecule has 5 heteroatoms. The molecule has 1 N–H and O–H groups in total. The second-order valence-electron chi connectivity index (χ2n) is 8.58. The molecule has 1 heterocycles. The topological polar surface area (TPSA) is 54.9 Å². The van der Waals surface area contributed by atoms with Crippen molar-refractivity contribution >= 4 is 28.0 Å². The van der Waals surface area contributed by atoms with Crippen molar-refractivity contribution in [2.45, 2.75) is 98.9 Å². The first-order valence-corrected chi connectivity index (χ1v) is 17.9. The molecular weight excluding hydrogens is 429 g/mol. The number of aromatic nitrogens is 2. The molecule has 0 aromatic carbocycles. The van der Waals surface area contributed by atoms with Crippen LogP contribution in [0.1, 0.15) is 90.6 Å². The fourth-order valence-corrected chi connectivity index (χ4v) is 18.5. The van der Waals surface area contributed by atoms with E-state index in [1.807, 2.05) is 27.0 Å². The zero-order valence-corrected chi connectivity index (χ0v) is 20.7. The average molecular weight is 468 g/mol. The Balaban J connectivity index is 3.09. The van der Waals surface area contributed by atoms with E-state index in [-0.39, 0.29) is 11.4 Å². The Morgan fingerprint density at radius 1 is 0.923 bits per heavy atom. The minimum absolute atomic E-state index is 0.131. The summed E-state index contributed by atoms with van der Waals surface area (Å²) >= 11 is -2.54. The first-order valence-electron chi connectivity index (χ1n) is 10.4. The molecule has 1 amide bonds. The van der Waals surface area contributed by atoms with Crippen LogP contribution in [0.4, 0.5) is 0 Å². The predicted molar refractivity (Wildman–Crippen MR) is 114 cm³/mol. The van der Waals surface area contributed by atoms with Gasteiger partial charge in [-0.05, 0) is 0 Å². The van der Waals surface area contributed by atoms with Crippen LogP contribution in [0.2, 0.25) is 13.3 Å². The van der Waals surface area contributed by atoms with E-state index < -0.39 is 18.4 Å². The summed E-state index contributed by atoms with van der Waals surface area (Å²) in [6.45, 7) is 12.8. The summed E-state index contributed by atoms with van der Waals surface area (Å²) in [5, 5.41) is 2.97. The molecule has 0 aliphatic heterocycles. The van der Waals surface area contributed by atoms with E-state index in [4.69, 9.17) is 4.98 Å². The Morgan fingerprint density at radius 2 is 1.42 bits per heavy atom. The van der Waals surface area contributed by atoms with Crippen LogP contribution in [-0.2, 0) is 0 Å². The van der Waals surface area contributed by atoms with Gasteiger partial charge in [0.15, 0.2) is 0 Å². The summed E-state index contributed by atoms with van der Waals surface area (Å²) in [4.78, 5) is 21.7. The second-order valence-corrected chi connectivity index (χ2v) is 21.6. The molecule has 0 saturated heterocycles. The van der Waals surface area contributed by atoms with Crippen molar-refractivity contribution in [2.75, 3.05) is 0 Å². The Labute approximate surface area is 164 Å². The van der Waals surface area contributed by atoms with Gasteiger partial charge in [-0.2, -0.15) is 0 Å². The third kappa shape index (κ3) is 7.53. The Kier molecular flexibility index (Phi) is 10.1. The van der Waals surface area contributed by atoms with E-state index in [2.05, 4.69) is 31.1 Å². The zero-order chi connectivity index (χ0) is 19.6. The van der Waals surface area contributed by atoms with Crippen molar-refractivity contribution < 1.29 is 4.79 Å². The molecule has 4 nitrogen and oxygen atoms in total. The molecule has 1 aromatic heterocycles. The predicted octanol–water partition coefficient (Wildman–Crippen LogP) is 5.06. The summed E-state index contributed by atoms with van der Waals surface area (Å²) in [6.07, 6.45) is 11.3. The molecular formula is C21H39N3OSn. The van der Waals surface area contributed by atoms with Gasteiger partial charge in [0, 0.05) is 0 Å². The van der Waals surface area contributed by atoms with E-state index in [0.29, 0.717) is 5.69 Å². The number of carbonyl (C=O) groups excluding carboxylic acids is 1. The molecule has 1 aromatic rings. The minimum atomic E-state index is -2.54. The molecule has 148 valence electrons. The van der Waals surface area contributed by atoms with Crippen LogP contribution in [0.5, 0.6) is 0 Å². The number of unbranched alkanes of at least 4 members (excludes halogenated alkanes) is 3. The van der Waals surface area contributed by atoms with Crippen LogP contribution >= 0.6 is 0 Å². The van der Waals surface area contributed by atoms with E-state index in [1.54, 1.807) is 6.20 Å². The maximum atomic E-state index is 12.3. The molecule has 0 atom stereocenters. The first kappa shape index (κ1) is 23.4. The number of rotatable bonds is 11. The average Bonchev–Trinajstić information content (AvgIpc) is 2.60. The molecule has 0 spiro atoms. The Hall–Kier alpha value is -0.651. The third-order valence-electron chi connectivity index (χ3n) is 4.94. The fraction of sp³-hybridized carbons (Fsp3) is 0.762. The fourth-order valence-electron chi connectivity index (χ4n) is 3.43. The van der Waals surface area contributed by atoms with E-state index in [9.17, 15) is 4.79 Å². The van der Waals surface area contributed by atoms with Crippen molar-refractivity contribution in [2.24, 2.45) is 0 Å². The molecule has 1 rings (SSSR count). The van der Waals surface area contributed by atoms with Gasteiger partial charge >= 0.3 is 165 Å². The van der Waals surface area contributed by atoms with Crippen LogP contribution in [0.25, 0.3) is 0 Å². The van der Waals surface area contributed by atoms with Gasteiger partial charge in [-0.3, -0.25) is 0 Å². The summed E-state index contributed by atoms with van der Waals surface area (Å²) in [7, 11) is 0. The van der Waals surface area contributed by atoms with Gasteiger partial charge in [0.05, 0.1) is 0 Å². The van der Waals surface area contributed by atoms with Crippen LogP contribution in [0.15, 0.2) is 12.4 Å². The normalized spacial score (nSPS) is 12.2. The number of nitrogens with one attached hydrogen (secondary N) is 1. The maximum absolute atomic E-state index is 12.3. The van der Waals surface area contributed by atoms with Crippen LogP contribution in [-0.4, -0.2) is 39.8 Å². The first-order chi connectivity index (χ1) is 12.3. The van der Waals surface area contributed by atoms with Gasteiger partial charge in [0.2, 0.25) is 0 Å². The molecule has 0 aliphatic rings. The van der Waals surface area contributed by atoms with Crippen LogP contribution < -0.4 is 9.03 Å². The van der Waals surface area contributed by atoms with E-state index in [1.165, 1.54) is 55.5 Å². The number of hydrogen-bond acceptors (Lipinski definition) is 3. The number of hydrogen-bond donors (Lipinski definition) is 1. The van der Waals surface area contributed by atoms with Crippen LogP contribution in [0, 0.1) is 0 Å². The van der Waals surface area contributed by atoms with Gasteiger partial charge in [-0.15, -0.1) is 0 Å². The van der Waals surface area contributed by atoms with Crippen molar-refractivity contribution in [3.05, 3.63) is 18.1 Å². The van der Waals surface area contributed by atoms with E-state index in [0.717, 1.165) is 0 Å². The molecule has 0 radical (unpaired) electrons. The Bertz CT molecular complexity index is 515. The van der Waals surface area contributed by atoms with Gasteiger partial charge in [0.1, 0.15) is 0 Å². The summed E-state index contributed by atoms with van der Waals surface area (Å²) in [6, 6.07) is 0. The van der Waals surface area contributed by atoms with Crippen molar-refractivity contribution in [1.29, 1.82) is 0 Å². The number of carbonyl (C=O) groups is 1. The van der Waals surface area contributed by atoms with Gasteiger partial charge < -0.3 is 0 Å². The molecule has 0 aliphatic carbocycles. The molecule has 26 heavy (non-hydrogen) atoms. The standard InChI is InChI=1S/C9H12N3O.3C4H9.Sn/c1-9(2,3)12-8(13)7-6-10-4-5-11-7;3*1-3-4-2;/h5-6H,1-3H3,(H,12,13);3*1,3-4H2,2H3;. The second kappa shape index (κ2) is 11.3. The molecule has 0 fully saturated rings. The van der Waals surface area contributed by atoms with Crippen molar-refractivity contribution in [1.82, 2.24) is 15.3 Å². The molecule has 0 unspecified atom stereocenters. The van der Waals surface area contributed by atoms with E-state index >= 15 is 0 Å².